The lowest BCUT2D eigenvalue weighted by Crippen LogP contribution is -2.38. The van der Waals surface area contributed by atoms with Crippen molar-refractivity contribution < 1.29 is 9.53 Å². The van der Waals surface area contributed by atoms with Crippen LogP contribution in [0.15, 0.2) is 55.1 Å². The second kappa shape index (κ2) is 7.88. The molecule has 1 saturated carbocycles. The van der Waals surface area contributed by atoms with Crippen molar-refractivity contribution in [1.29, 1.82) is 0 Å². The maximum Gasteiger partial charge on any atom is 0.354 e. The number of carbonyl (C=O) groups excluding carboxylic acids is 1. The molecular weight excluding hydrogens is 416 g/mol. The van der Waals surface area contributed by atoms with Gasteiger partial charge in [-0.1, -0.05) is 30.7 Å². The van der Waals surface area contributed by atoms with Gasteiger partial charge in [-0.2, -0.15) is 5.10 Å². The SMILES string of the molecule is COC(=O)c1cc(-c2cnn(C)c2)c(C2(c3ccc(-c4cnc(N)nc4)cc3)CCC2)n1C. The van der Waals surface area contributed by atoms with E-state index in [1.165, 1.54) is 12.7 Å². The van der Waals surface area contributed by atoms with Gasteiger partial charge in [0.1, 0.15) is 5.69 Å². The van der Waals surface area contributed by atoms with E-state index in [4.69, 9.17) is 10.5 Å². The van der Waals surface area contributed by atoms with Crippen molar-refractivity contribution in [2.45, 2.75) is 24.7 Å². The summed E-state index contributed by atoms with van der Waals surface area (Å²) >= 11 is 0. The van der Waals surface area contributed by atoms with Gasteiger partial charge in [-0.25, -0.2) is 14.8 Å². The predicted octanol–water partition coefficient (Wildman–Crippen LogP) is 3.72. The minimum atomic E-state index is -0.345. The molecule has 1 aromatic carbocycles. The van der Waals surface area contributed by atoms with Gasteiger partial charge in [0.05, 0.1) is 13.3 Å². The molecule has 0 atom stereocenters. The van der Waals surface area contributed by atoms with Crippen LogP contribution in [0.1, 0.15) is 41.0 Å². The van der Waals surface area contributed by atoms with Crippen molar-refractivity contribution in [2.75, 3.05) is 12.8 Å². The molecule has 1 aliphatic rings. The fraction of sp³-hybridized carbons (Fsp3) is 0.280. The minimum Gasteiger partial charge on any atom is -0.464 e. The number of aromatic nitrogens is 5. The molecule has 1 aliphatic carbocycles. The van der Waals surface area contributed by atoms with Crippen molar-refractivity contribution >= 4 is 11.9 Å². The Hall–Kier alpha value is -3.94. The number of hydrogen-bond donors (Lipinski definition) is 1. The first-order chi connectivity index (χ1) is 15.9. The number of benzene rings is 1. The molecule has 0 bridgehead atoms. The molecule has 5 rings (SSSR count). The molecule has 8 nitrogen and oxygen atoms in total. The number of hydrogen-bond acceptors (Lipinski definition) is 6. The van der Waals surface area contributed by atoms with Crippen LogP contribution in [0.5, 0.6) is 0 Å². The van der Waals surface area contributed by atoms with Crippen LogP contribution in [0.4, 0.5) is 5.95 Å². The molecule has 0 aliphatic heterocycles. The van der Waals surface area contributed by atoms with Gasteiger partial charge < -0.3 is 15.0 Å². The number of nitrogens with zero attached hydrogens (tertiary/aromatic N) is 5. The molecule has 4 aromatic rings. The third kappa shape index (κ3) is 3.38. The number of methoxy groups -OCH3 is 1. The van der Waals surface area contributed by atoms with E-state index in [1.54, 1.807) is 17.1 Å². The maximum absolute atomic E-state index is 12.5. The highest BCUT2D eigenvalue weighted by molar-refractivity contribution is 5.91. The molecule has 0 amide bonds. The largest absolute Gasteiger partial charge is 0.464 e. The zero-order valence-corrected chi connectivity index (χ0v) is 18.9. The van der Waals surface area contributed by atoms with E-state index in [0.29, 0.717) is 5.69 Å². The number of nitrogen functional groups attached to an aromatic ring is 1. The molecule has 0 spiro atoms. The van der Waals surface area contributed by atoms with Crippen molar-refractivity contribution in [3.63, 3.8) is 0 Å². The average molecular weight is 443 g/mol. The quantitative estimate of drug-likeness (QED) is 0.473. The lowest BCUT2D eigenvalue weighted by molar-refractivity contribution is 0.0589. The zero-order valence-electron chi connectivity index (χ0n) is 18.9. The van der Waals surface area contributed by atoms with Crippen LogP contribution in [0.25, 0.3) is 22.3 Å². The summed E-state index contributed by atoms with van der Waals surface area (Å²) in [5.74, 6) is -0.0843. The molecule has 8 heteroatoms. The molecule has 3 aromatic heterocycles. The lowest BCUT2D eigenvalue weighted by atomic mass is 9.61. The van der Waals surface area contributed by atoms with Gasteiger partial charge in [0.15, 0.2) is 0 Å². The number of carbonyl (C=O) groups is 1. The number of nitrogens with two attached hydrogens (primary N) is 1. The number of esters is 1. The van der Waals surface area contributed by atoms with E-state index in [2.05, 4.69) is 39.3 Å². The Morgan fingerprint density at radius 1 is 1.03 bits per heavy atom. The summed E-state index contributed by atoms with van der Waals surface area (Å²) in [6.07, 6.45) is 10.4. The van der Waals surface area contributed by atoms with Crippen molar-refractivity contribution in [1.82, 2.24) is 24.3 Å². The van der Waals surface area contributed by atoms with Crippen LogP contribution >= 0.6 is 0 Å². The van der Waals surface area contributed by atoms with E-state index >= 15 is 0 Å². The molecule has 0 saturated heterocycles. The number of rotatable bonds is 5. The fourth-order valence-corrected chi connectivity index (χ4v) is 4.92. The Labute approximate surface area is 192 Å². The van der Waals surface area contributed by atoms with Gasteiger partial charge in [-0.3, -0.25) is 4.68 Å². The van der Waals surface area contributed by atoms with E-state index in [-0.39, 0.29) is 17.3 Å². The van der Waals surface area contributed by atoms with Crippen LogP contribution in [0.2, 0.25) is 0 Å². The zero-order chi connectivity index (χ0) is 23.2. The molecule has 33 heavy (non-hydrogen) atoms. The summed E-state index contributed by atoms with van der Waals surface area (Å²) in [5, 5.41) is 4.36. The molecule has 0 unspecified atom stereocenters. The summed E-state index contributed by atoms with van der Waals surface area (Å²) in [6.45, 7) is 0. The molecule has 2 N–H and O–H groups in total. The lowest BCUT2D eigenvalue weighted by Gasteiger charge is -2.44. The number of aryl methyl sites for hydroxylation is 1. The summed E-state index contributed by atoms with van der Waals surface area (Å²) in [5.41, 5.74) is 12.3. The second-order valence-electron chi connectivity index (χ2n) is 8.59. The average Bonchev–Trinajstić information content (AvgIpc) is 3.37. The van der Waals surface area contributed by atoms with Crippen LogP contribution in [0.3, 0.4) is 0 Å². The van der Waals surface area contributed by atoms with Crippen LogP contribution in [-0.2, 0) is 24.2 Å². The number of ether oxygens (including phenoxy) is 1. The first-order valence-electron chi connectivity index (χ1n) is 10.9. The molecule has 3 heterocycles. The molecule has 0 radical (unpaired) electrons. The molecular formula is C25H26N6O2. The highest BCUT2D eigenvalue weighted by Crippen LogP contribution is 2.52. The van der Waals surface area contributed by atoms with Gasteiger partial charge in [0.25, 0.3) is 0 Å². The van der Waals surface area contributed by atoms with Crippen molar-refractivity contribution in [2.24, 2.45) is 14.1 Å². The van der Waals surface area contributed by atoms with E-state index in [9.17, 15) is 4.79 Å². The fourth-order valence-electron chi connectivity index (χ4n) is 4.92. The van der Waals surface area contributed by atoms with Gasteiger partial charge in [0, 0.05) is 60.5 Å². The summed E-state index contributed by atoms with van der Waals surface area (Å²) in [7, 11) is 5.26. The minimum absolute atomic E-state index is 0.192. The normalized spacial score (nSPS) is 14.6. The molecule has 168 valence electrons. The van der Waals surface area contributed by atoms with Gasteiger partial charge in [0.2, 0.25) is 5.95 Å². The van der Waals surface area contributed by atoms with Crippen LogP contribution < -0.4 is 5.73 Å². The summed E-state index contributed by atoms with van der Waals surface area (Å²) < 4.78 is 8.84. The Balaban J connectivity index is 1.63. The van der Waals surface area contributed by atoms with Gasteiger partial charge in [-0.15, -0.1) is 0 Å². The topological polar surface area (TPSA) is 101 Å². The van der Waals surface area contributed by atoms with E-state index in [1.807, 2.05) is 37.1 Å². The first kappa shape index (κ1) is 20.9. The molecule has 1 fully saturated rings. The van der Waals surface area contributed by atoms with Crippen LogP contribution in [0, 0.1) is 0 Å². The first-order valence-corrected chi connectivity index (χ1v) is 10.9. The predicted molar refractivity (Wildman–Crippen MR) is 125 cm³/mol. The summed E-state index contributed by atoms with van der Waals surface area (Å²) in [6, 6.07) is 10.5. The highest BCUT2D eigenvalue weighted by atomic mass is 16.5. The Kier molecular flexibility index (Phi) is 5.00. The summed E-state index contributed by atoms with van der Waals surface area (Å²) in [4.78, 5) is 20.7. The van der Waals surface area contributed by atoms with E-state index < -0.39 is 0 Å². The third-order valence-electron chi connectivity index (χ3n) is 6.75. The monoisotopic (exact) mass is 442 g/mol. The van der Waals surface area contributed by atoms with Gasteiger partial charge in [-0.05, 0) is 30.0 Å². The smallest absolute Gasteiger partial charge is 0.354 e. The van der Waals surface area contributed by atoms with Gasteiger partial charge >= 0.3 is 5.97 Å². The van der Waals surface area contributed by atoms with E-state index in [0.717, 1.165) is 47.2 Å². The third-order valence-corrected chi connectivity index (χ3v) is 6.75. The highest BCUT2D eigenvalue weighted by Gasteiger charge is 2.45. The van der Waals surface area contributed by atoms with Crippen molar-refractivity contribution in [3.05, 3.63) is 72.1 Å². The van der Waals surface area contributed by atoms with Crippen LogP contribution in [-0.4, -0.2) is 37.4 Å². The Morgan fingerprint density at radius 2 is 1.73 bits per heavy atom. The second-order valence-corrected chi connectivity index (χ2v) is 8.59. The Bertz CT molecular complexity index is 1310. The number of anilines is 1. The Morgan fingerprint density at radius 3 is 2.27 bits per heavy atom. The standard InChI is InChI=1S/C25H26N6O2/c1-30-15-18(14-29-30)20-11-21(23(32)33-3)31(2)22(20)25(9-4-10-25)19-7-5-16(6-8-19)17-12-27-24(26)28-13-17/h5-8,11-15H,4,9-10H2,1-3H3,(H2,26,27,28). The maximum atomic E-state index is 12.5. The van der Waals surface area contributed by atoms with Crippen molar-refractivity contribution in [3.8, 4) is 22.3 Å².